The van der Waals surface area contributed by atoms with E-state index in [1.54, 1.807) is 20.8 Å². The highest BCUT2D eigenvalue weighted by Crippen LogP contribution is 2.28. The lowest BCUT2D eigenvalue weighted by atomic mass is 10.1. The molecule has 0 unspecified atom stereocenters. The van der Waals surface area contributed by atoms with Gasteiger partial charge in [0.05, 0.1) is 37.8 Å². The number of rotatable bonds is 8. The Bertz CT molecular complexity index is 1120. The quantitative estimate of drug-likeness (QED) is 0.468. The van der Waals surface area contributed by atoms with Crippen LogP contribution in [0.5, 0.6) is 0 Å². The number of morpholine rings is 1. The number of ether oxygens (including phenoxy) is 2. The van der Waals surface area contributed by atoms with Crippen molar-refractivity contribution in [2.45, 2.75) is 39.5 Å². The molecule has 3 aromatic rings. The van der Waals surface area contributed by atoms with E-state index < -0.39 is 5.60 Å². The smallest absolute Gasteiger partial charge is 0.161 e. The molecule has 0 amide bonds. The van der Waals surface area contributed by atoms with Gasteiger partial charge < -0.3 is 14.4 Å². The summed E-state index contributed by atoms with van der Waals surface area (Å²) in [5.74, 6) is -0.0172. The van der Waals surface area contributed by atoms with Crippen LogP contribution in [0.15, 0.2) is 54.6 Å². The zero-order chi connectivity index (χ0) is 23.4. The maximum absolute atomic E-state index is 11.9. The van der Waals surface area contributed by atoms with Crippen molar-refractivity contribution in [1.29, 1.82) is 0 Å². The lowest BCUT2D eigenvalue weighted by Gasteiger charge is -2.29. The van der Waals surface area contributed by atoms with Gasteiger partial charge in [-0.25, -0.2) is 0 Å². The summed E-state index contributed by atoms with van der Waals surface area (Å²) in [7, 11) is 0. The minimum Gasteiger partial charge on any atom is -0.378 e. The molecule has 1 saturated heterocycles. The summed E-state index contributed by atoms with van der Waals surface area (Å²) in [4.78, 5) is 14.2. The second-order valence-electron chi connectivity index (χ2n) is 8.77. The third kappa shape index (κ3) is 5.64. The molecule has 2 aromatic carbocycles. The van der Waals surface area contributed by atoms with Crippen molar-refractivity contribution in [3.8, 4) is 11.3 Å². The van der Waals surface area contributed by atoms with E-state index in [1.807, 2.05) is 35.0 Å². The summed E-state index contributed by atoms with van der Waals surface area (Å²) in [6, 6.07) is 18.3. The van der Waals surface area contributed by atoms with Crippen LogP contribution in [-0.2, 0) is 27.4 Å². The molecule has 0 aliphatic carbocycles. The van der Waals surface area contributed by atoms with Crippen LogP contribution in [0.4, 0.5) is 5.69 Å². The van der Waals surface area contributed by atoms with E-state index in [0.29, 0.717) is 11.6 Å². The molecule has 1 aliphatic rings. The van der Waals surface area contributed by atoms with Crippen LogP contribution in [0.2, 0.25) is 5.02 Å². The molecule has 6 nitrogen and oxygen atoms in total. The fraction of sp³-hybridized carbons (Fsp3) is 0.385. The molecule has 0 radical (unpaired) electrons. The number of benzene rings is 2. The number of ketones is 1. The Morgan fingerprint density at radius 1 is 1.12 bits per heavy atom. The van der Waals surface area contributed by atoms with Crippen LogP contribution >= 0.6 is 11.6 Å². The van der Waals surface area contributed by atoms with Gasteiger partial charge in [-0.2, -0.15) is 5.10 Å². The molecule has 7 heteroatoms. The van der Waals surface area contributed by atoms with Crippen molar-refractivity contribution >= 4 is 23.1 Å². The molecule has 2 heterocycles. The van der Waals surface area contributed by atoms with Gasteiger partial charge in [-0.15, -0.1) is 0 Å². The van der Waals surface area contributed by atoms with E-state index in [9.17, 15) is 4.79 Å². The van der Waals surface area contributed by atoms with Crippen molar-refractivity contribution in [2.24, 2.45) is 0 Å². The summed E-state index contributed by atoms with van der Waals surface area (Å²) in [6.07, 6.45) is 0. The second kappa shape index (κ2) is 10.1. The van der Waals surface area contributed by atoms with E-state index in [-0.39, 0.29) is 12.4 Å². The lowest BCUT2D eigenvalue weighted by molar-refractivity contribution is -0.139. The van der Waals surface area contributed by atoms with Crippen LogP contribution < -0.4 is 4.90 Å². The van der Waals surface area contributed by atoms with Gasteiger partial charge in [-0.3, -0.25) is 9.48 Å². The second-order valence-corrected chi connectivity index (χ2v) is 9.18. The maximum atomic E-state index is 11.9. The van der Waals surface area contributed by atoms with Crippen molar-refractivity contribution < 1.29 is 14.3 Å². The largest absolute Gasteiger partial charge is 0.378 e. The van der Waals surface area contributed by atoms with Gasteiger partial charge in [0.15, 0.2) is 5.78 Å². The molecule has 1 aliphatic heterocycles. The van der Waals surface area contributed by atoms with Crippen molar-refractivity contribution in [3.63, 3.8) is 0 Å². The van der Waals surface area contributed by atoms with Crippen LogP contribution in [-0.4, -0.2) is 47.5 Å². The van der Waals surface area contributed by atoms with Gasteiger partial charge in [0.25, 0.3) is 0 Å². The summed E-state index contributed by atoms with van der Waals surface area (Å²) >= 11 is 6.44. The molecule has 174 valence electrons. The number of carbonyl (C=O) groups is 1. The molecular weight excluding hydrogens is 438 g/mol. The van der Waals surface area contributed by atoms with E-state index in [0.717, 1.165) is 54.5 Å². The Morgan fingerprint density at radius 2 is 1.88 bits per heavy atom. The molecule has 1 aromatic heterocycles. The molecule has 1 fully saturated rings. The van der Waals surface area contributed by atoms with Crippen LogP contribution in [0.3, 0.4) is 0 Å². The van der Waals surface area contributed by atoms with Crippen LogP contribution in [0.1, 0.15) is 32.0 Å². The molecule has 0 atom stereocenters. The average Bonchev–Trinajstić information content (AvgIpc) is 3.23. The highest BCUT2D eigenvalue weighted by atomic mass is 35.5. The molecule has 0 spiro atoms. The Morgan fingerprint density at radius 3 is 2.61 bits per heavy atom. The number of anilines is 1. The first-order chi connectivity index (χ1) is 15.8. The number of carbonyl (C=O) groups excluding carboxylic acids is 1. The summed E-state index contributed by atoms with van der Waals surface area (Å²) in [5, 5.41) is 5.52. The Balaban J connectivity index is 1.67. The van der Waals surface area contributed by atoms with Gasteiger partial charge in [-0.1, -0.05) is 41.9 Å². The Labute approximate surface area is 200 Å². The molecule has 0 N–H and O–H groups in total. The summed E-state index contributed by atoms with van der Waals surface area (Å²) in [5.41, 5.74) is 4.10. The first-order valence-corrected chi connectivity index (χ1v) is 11.6. The van der Waals surface area contributed by atoms with Gasteiger partial charge in [0.2, 0.25) is 0 Å². The van der Waals surface area contributed by atoms with Gasteiger partial charge in [0.1, 0.15) is 5.60 Å². The minimum atomic E-state index is -0.858. The molecule has 0 saturated carbocycles. The first kappa shape index (κ1) is 23.5. The number of aromatic nitrogens is 2. The van der Waals surface area contributed by atoms with E-state index in [2.05, 4.69) is 29.2 Å². The number of Topliss-reactive ketones (excluding diaryl/α,β-unsaturated/α-hetero) is 1. The van der Waals surface area contributed by atoms with Gasteiger partial charge in [-0.05, 0) is 50.6 Å². The third-order valence-electron chi connectivity index (χ3n) is 6.06. The van der Waals surface area contributed by atoms with E-state index in [4.69, 9.17) is 26.2 Å². The summed E-state index contributed by atoms with van der Waals surface area (Å²) < 4.78 is 13.4. The highest BCUT2D eigenvalue weighted by molar-refractivity contribution is 6.31. The van der Waals surface area contributed by atoms with Crippen molar-refractivity contribution in [2.75, 3.05) is 31.2 Å². The van der Waals surface area contributed by atoms with Crippen molar-refractivity contribution in [1.82, 2.24) is 9.78 Å². The topological polar surface area (TPSA) is 56.6 Å². The highest BCUT2D eigenvalue weighted by Gasteiger charge is 2.25. The standard InChI is InChI=1S/C26H30ClN3O3/c1-19(31)26(2,3)33-18-22-16-25(30(28-22)17-21-7-4-5-10-24(21)27)20-8-6-9-23(15-20)29-11-13-32-14-12-29/h4-10,15-16H,11-14,17-18H2,1-3H3. The van der Waals surface area contributed by atoms with Gasteiger partial charge in [0, 0.05) is 29.4 Å². The molecule has 4 rings (SSSR count). The molecule has 33 heavy (non-hydrogen) atoms. The monoisotopic (exact) mass is 467 g/mol. The number of halogens is 1. The number of nitrogens with zero attached hydrogens (tertiary/aromatic N) is 3. The first-order valence-electron chi connectivity index (χ1n) is 11.2. The predicted octanol–water partition coefficient (Wildman–Crippen LogP) is 4.97. The SMILES string of the molecule is CC(=O)C(C)(C)OCc1cc(-c2cccc(N3CCOCC3)c2)n(Cc2ccccc2Cl)n1. The van der Waals surface area contributed by atoms with Crippen LogP contribution in [0.25, 0.3) is 11.3 Å². The van der Waals surface area contributed by atoms with E-state index in [1.165, 1.54) is 0 Å². The molecule has 0 bridgehead atoms. The fourth-order valence-electron chi connectivity index (χ4n) is 3.72. The Kier molecular flexibility index (Phi) is 7.17. The molecular formula is C26H30ClN3O3. The normalized spacial score (nSPS) is 14.5. The minimum absolute atomic E-state index is 0.0172. The maximum Gasteiger partial charge on any atom is 0.161 e. The van der Waals surface area contributed by atoms with Crippen molar-refractivity contribution in [3.05, 3.63) is 70.9 Å². The third-order valence-corrected chi connectivity index (χ3v) is 6.42. The van der Waals surface area contributed by atoms with Crippen LogP contribution in [0, 0.1) is 0 Å². The van der Waals surface area contributed by atoms with E-state index >= 15 is 0 Å². The number of hydrogen-bond acceptors (Lipinski definition) is 5. The zero-order valence-electron chi connectivity index (χ0n) is 19.4. The predicted molar refractivity (Wildman–Crippen MR) is 131 cm³/mol. The Hall–Kier alpha value is -2.67. The average molecular weight is 468 g/mol. The van der Waals surface area contributed by atoms with Gasteiger partial charge >= 0.3 is 0 Å². The lowest BCUT2D eigenvalue weighted by Crippen LogP contribution is -2.36. The zero-order valence-corrected chi connectivity index (χ0v) is 20.1. The number of hydrogen-bond donors (Lipinski definition) is 0. The summed E-state index contributed by atoms with van der Waals surface area (Å²) in [6.45, 7) is 9.11. The fourth-order valence-corrected chi connectivity index (χ4v) is 3.92.